The zero-order valence-electron chi connectivity index (χ0n) is 14.1. The predicted molar refractivity (Wildman–Crippen MR) is 98.1 cm³/mol. The van der Waals surface area contributed by atoms with Crippen LogP contribution in [0.3, 0.4) is 0 Å². The molecule has 24 heavy (non-hydrogen) atoms. The van der Waals surface area contributed by atoms with Gasteiger partial charge in [0.2, 0.25) is 0 Å². The number of ether oxygens (including phenoxy) is 1. The van der Waals surface area contributed by atoms with Crippen LogP contribution in [0.5, 0.6) is 5.75 Å². The van der Waals surface area contributed by atoms with Crippen molar-refractivity contribution in [3.63, 3.8) is 0 Å². The SMILES string of the molecule is CCS(=O)C1CC(Oc2ccc(C(C)(C)O)c3cc(Cl)ncc23)C1. The molecule has 1 aromatic heterocycles. The first-order valence-electron chi connectivity index (χ1n) is 8.14. The fourth-order valence-electron chi connectivity index (χ4n) is 3.07. The monoisotopic (exact) mass is 367 g/mol. The number of hydrogen-bond acceptors (Lipinski definition) is 4. The van der Waals surface area contributed by atoms with Crippen LogP contribution in [0.1, 0.15) is 39.2 Å². The topological polar surface area (TPSA) is 59.4 Å². The minimum Gasteiger partial charge on any atom is -0.490 e. The number of halogens is 1. The molecule has 1 unspecified atom stereocenters. The number of nitrogens with zero attached hydrogens (tertiary/aromatic N) is 1. The van der Waals surface area contributed by atoms with Crippen molar-refractivity contribution in [1.82, 2.24) is 4.98 Å². The van der Waals surface area contributed by atoms with Crippen molar-refractivity contribution in [1.29, 1.82) is 0 Å². The molecule has 1 saturated carbocycles. The highest BCUT2D eigenvalue weighted by molar-refractivity contribution is 7.85. The summed E-state index contributed by atoms with van der Waals surface area (Å²) >= 11 is 6.04. The molecule has 0 aliphatic heterocycles. The van der Waals surface area contributed by atoms with Gasteiger partial charge in [0.05, 0.1) is 5.60 Å². The van der Waals surface area contributed by atoms with E-state index in [9.17, 15) is 9.32 Å². The maximum Gasteiger partial charge on any atom is 0.129 e. The van der Waals surface area contributed by atoms with Crippen molar-refractivity contribution in [3.8, 4) is 5.75 Å². The van der Waals surface area contributed by atoms with Gasteiger partial charge in [-0.2, -0.15) is 0 Å². The molecule has 1 aromatic carbocycles. The smallest absolute Gasteiger partial charge is 0.129 e. The number of hydrogen-bond donors (Lipinski definition) is 1. The lowest BCUT2D eigenvalue weighted by Crippen LogP contribution is -2.40. The van der Waals surface area contributed by atoms with Crippen molar-refractivity contribution in [3.05, 3.63) is 35.1 Å². The predicted octanol–water partition coefficient (Wildman–Crippen LogP) is 3.79. The molecule has 6 heteroatoms. The molecule has 0 bridgehead atoms. The fourth-order valence-corrected chi connectivity index (χ4v) is 4.56. The number of aromatic nitrogens is 1. The van der Waals surface area contributed by atoms with Crippen molar-refractivity contribution in [2.45, 2.75) is 50.6 Å². The molecule has 2 aromatic rings. The molecular formula is C18H22ClNO3S. The third-order valence-corrected chi connectivity index (χ3v) is 6.39. The summed E-state index contributed by atoms with van der Waals surface area (Å²) in [6.07, 6.45) is 3.40. The summed E-state index contributed by atoms with van der Waals surface area (Å²) in [5.41, 5.74) is -0.200. The summed E-state index contributed by atoms with van der Waals surface area (Å²) in [6, 6.07) is 5.50. The molecule has 1 aliphatic rings. The Morgan fingerprint density at radius 3 is 2.71 bits per heavy atom. The maximum atomic E-state index is 11.8. The number of aliphatic hydroxyl groups is 1. The second kappa shape index (κ2) is 6.62. The summed E-state index contributed by atoms with van der Waals surface area (Å²) < 4.78 is 17.9. The largest absolute Gasteiger partial charge is 0.490 e. The zero-order chi connectivity index (χ0) is 17.5. The average molecular weight is 368 g/mol. The molecule has 1 heterocycles. The van der Waals surface area contributed by atoms with Crippen molar-refractivity contribution in [2.24, 2.45) is 0 Å². The van der Waals surface area contributed by atoms with Crippen molar-refractivity contribution >= 4 is 33.2 Å². The Morgan fingerprint density at radius 1 is 1.38 bits per heavy atom. The van der Waals surface area contributed by atoms with Gasteiger partial charge in [-0.05, 0) is 49.8 Å². The van der Waals surface area contributed by atoms with Gasteiger partial charge < -0.3 is 9.84 Å². The molecular weight excluding hydrogens is 346 g/mol. The van der Waals surface area contributed by atoms with E-state index in [2.05, 4.69) is 4.98 Å². The van der Waals surface area contributed by atoms with E-state index in [1.54, 1.807) is 26.1 Å². The molecule has 1 aliphatic carbocycles. The molecule has 0 amide bonds. The Hall–Kier alpha value is -1.17. The molecule has 1 fully saturated rings. The van der Waals surface area contributed by atoms with E-state index in [0.29, 0.717) is 10.9 Å². The molecule has 0 saturated heterocycles. The fraction of sp³-hybridized carbons (Fsp3) is 0.500. The third kappa shape index (κ3) is 3.44. The number of pyridine rings is 1. The minimum absolute atomic E-state index is 0.0809. The molecule has 4 nitrogen and oxygen atoms in total. The molecule has 1 atom stereocenters. The summed E-state index contributed by atoms with van der Waals surface area (Å²) in [7, 11) is -0.752. The number of benzene rings is 1. The number of rotatable bonds is 5. The van der Waals surface area contributed by atoms with Gasteiger partial charge in [-0.1, -0.05) is 24.6 Å². The third-order valence-electron chi connectivity index (χ3n) is 4.49. The quantitative estimate of drug-likeness (QED) is 0.817. The summed E-state index contributed by atoms with van der Waals surface area (Å²) in [5, 5.41) is 12.7. The summed E-state index contributed by atoms with van der Waals surface area (Å²) in [6.45, 7) is 5.43. The van der Waals surface area contributed by atoms with Crippen molar-refractivity contribution in [2.75, 3.05) is 5.75 Å². The van der Waals surface area contributed by atoms with E-state index in [0.717, 1.165) is 34.9 Å². The van der Waals surface area contributed by atoms with Gasteiger partial charge in [0.1, 0.15) is 17.0 Å². The molecule has 3 rings (SSSR count). The van der Waals surface area contributed by atoms with E-state index in [1.807, 2.05) is 19.1 Å². The van der Waals surface area contributed by atoms with Gasteiger partial charge >= 0.3 is 0 Å². The highest BCUT2D eigenvalue weighted by Crippen LogP contribution is 2.37. The molecule has 0 radical (unpaired) electrons. The van der Waals surface area contributed by atoms with Crippen LogP contribution in [0, 0.1) is 0 Å². The summed E-state index contributed by atoms with van der Waals surface area (Å²) in [5.74, 6) is 1.43. The lowest BCUT2D eigenvalue weighted by Gasteiger charge is -2.35. The van der Waals surface area contributed by atoms with Crippen LogP contribution < -0.4 is 4.74 Å². The zero-order valence-corrected chi connectivity index (χ0v) is 15.7. The first-order valence-corrected chi connectivity index (χ1v) is 9.90. The van der Waals surface area contributed by atoms with Crippen LogP contribution in [-0.4, -0.2) is 31.4 Å². The summed E-state index contributed by atoms with van der Waals surface area (Å²) in [4.78, 5) is 4.15. The van der Waals surface area contributed by atoms with Crippen LogP contribution >= 0.6 is 11.6 Å². The van der Waals surface area contributed by atoms with E-state index < -0.39 is 16.4 Å². The Morgan fingerprint density at radius 2 is 2.08 bits per heavy atom. The Labute approximate surface area is 149 Å². The second-order valence-corrected chi connectivity index (χ2v) is 9.12. The second-order valence-electron chi connectivity index (χ2n) is 6.73. The van der Waals surface area contributed by atoms with E-state index in [4.69, 9.17) is 16.3 Å². The first-order chi connectivity index (χ1) is 11.3. The highest BCUT2D eigenvalue weighted by Gasteiger charge is 2.35. The van der Waals surface area contributed by atoms with Crippen LogP contribution in [0.4, 0.5) is 0 Å². The Bertz CT molecular complexity index is 782. The van der Waals surface area contributed by atoms with Gasteiger partial charge in [0.15, 0.2) is 0 Å². The van der Waals surface area contributed by atoms with Gasteiger partial charge in [-0.25, -0.2) is 4.98 Å². The van der Waals surface area contributed by atoms with E-state index in [1.165, 1.54) is 0 Å². The van der Waals surface area contributed by atoms with Crippen LogP contribution in [0.15, 0.2) is 24.4 Å². The number of fused-ring (bicyclic) bond motifs is 1. The van der Waals surface area contributed by atoms with Crippen LogP contribution in [-0.2, 0) is 16.4 Å². The molecule has 0 spiro atoms. The minimum atomic E-state index is -0.985. The standard InChI is InChI=1S/C18H22ClNO3S/c1-4-24(22)12-7-11(8-12)23-16-6-5-15(18(2,3)21)13-9-17(19)20-10-14(13)16/h5-6,9-12,21H,4,7-8H2,1-3H3. The van der Waals surface area contributed by atoms with Gasteiger partial charge in [-0.3, -0.25) is 4.21 Å². The van der Waals surface area contributed by atoms with Crippen LogP contribution in [0.25, 0.3) is 10.8 Å². The van der Waals surface area contributed by atoms with E-state index >= 15 is 0 Å². The van der Waals surface area contributed by atoms with Crippen molar-refractivity contribution < 1.29 is 14.1 Å². The molecule has 1 N–H and O–H groups in total. The first kappa shape index (κ1) is 17.6. The van der Waals surface area contributed by atoms with Gasteiger partial charge in [0.25, 0.3) is 0 Å². The molecule has 130 valence electrons. The van der Waals surface area contributed by atoms with E-state index in [-0.39, 0.29) is 11.4 Å². The lowest BCUT2D eigenvalue weighted by molar-refractivity contribution is 0.0800. The average Bonchev–Trinajstić information content (AvgIpc) is 2.48. The Balaban J connectivity index is 1.89. The lowest BCUT2D eigenvalue weighted by atomic mass is 9.92. The maximum absolute atomic E-state index is 11.8. The highest BCUT2D eigenvalue weighted by atomic mass is 35.5. The van der Waals surface area contributed by atoms with Gasteiger partial charge in [0, 0.05) is 33.4 Å². The van der Waals surface area contributed by atoms with Crippen LogP contribution in [0.2, 0.25) is 5.15 Å². The van der Waals surface area contributed by atoms with Gasteiger partial charge in [-0.15, -0.1) is 0 Å². The Kier molecular flexibility index (Phi) is 4.87. The normalized spacial score (nSPS) is 22.2.